The van der Waals surface area contributed by atoms with Crippen molar-refractivity contribution in [2.24, 2.45) is 0 Å². The fourth-order valence-corrected chi connectivity index (χ4v) is 2.68. The summed E-state index contributed by atoms with van der Waals surface area (Å²) in [6, 6.07) is 12.5. The summed E-state index contributed by atoms with van der Waals surface area (Å²) in [7, 11) is 1.53. The van der Waals surface area contributed by atoms with Gasteiger partial charge in [-0.05, 0) is 43.7 Å². The monoisotopic (exact) mass is 409 g/mol. The Morgan fingerprint density at radius 3 is 2.63 bits per heavy atom. The molecule has 0 aliphatic heterocycles. The van der Waals surface area contributed by atoms with E-state index in [-0.39, 0.29) is 24.3 Å². The van der Waals surface area contributed by atoms with Gasteiger partial charge in [-0.1, -0.05) is 18.2 Å². The van der Waals surface area contributed by atoms with E-state index >= 15 is 0 Å². The van der Waals surface area contributed by atoms with Gasteiger partial charge in [0.15, 0.2) is 23.9 Å². The van der Waals surface area contributed by atoms with Gasteiger partial charge in [-0.3, -0.25) is 0 Å². The van der Waals surface area contributed by atoms with Crippen molar-refractivity contribution in [3.8, 4) is 11.5 Å². The highest BCUT2D eigenvalue weighted by Crippen LogP contribution is 2.28. The fourth-order valence-electron chi connectivity index (χ4n) is 2.68. The number of carbonyl (C=O) groups excluding carboxylic acids is 1. The summed E-state index contributed by atoms with van der Waals surface area (Å²) in [5.74, 6) is 0.965. The van der Waals surface area contributed by atoms with Crippen LogP contribution >= 0.6 is 0 Å². The van der Waals surface area contributed by atoms with Crippen molar-refractivity contribution in [3.05, 3.63) is 59.4 Å². The molecule has 0 saturated carbocycles. The Labute approximate surface area is 174 Å². The van der Waals surface area contributed by atoms with E-state index in [4.69, 9.17) is 19.9 Å². The topological polar surface area (TPSA) is 121 Å². The van der Waals surface area contributed by atoms with Crippen molar-refractivity contribution in [3.63, 3.8) is 0 Å². The molecule has 2 aromatic carbocycles. The Hall–Kier alpha value is -3.88. The van der Waals surface area contributed by atoms with Crippen molar-refractivity contribution in [1.82, 2.24) is 15.0 Å². The van der Waals surface area contributed by atoms with Crippen LogP contribution in [0.25, 0.3) is 0 Å². The van der Waals surface area contributed by atoms with Crippen LogP contribution in [0.15, 0.2) is 42.5 Å². The third kappa shape index (κ3) is 5.13. The number of benzene rings is 2. The summed E-state index contributed by atoms with van der Waals surface area (Å²) < 4.78 is 16.0. The van der Waals surface area contributed by atoms with Gasteiger partial charge in [0, 0.05) is 5.69 Å². The number of anilines is 3. The first-order chi connectivity index (χ1) is 14.5. The van der Waals surface area contributed by atoms with E-state index in [0.29, 0.717) is 23.7 Å². The molecule has 0 spiro atoms. The molecule has 30 heavy (non-hydrogen) atoms. The molecule has 0 unspecified atom stereocenters. The molecule has 156 valence electrons. The predicted molar refractivity (Wildman–Crippen MR) is 112 cm³/mol. The minimum atomic E-state index is -0.550. The second kappa shape index (κ2) is 9.55. The molecule has 9 nitrogen and oxygen atoms in total. The van der Waals surface area contributed by atoms with Crippen molar-refractivity contribution in [2.45, 2.75) is 20.5 Å². The normalized spacial score (nSPS) is 10.4. The van der Waals surface area contributed by atoms with Gasteiger partial charge >= 0.3 is 5.97 Å². The van der Waals surface area contributed by atoms with Crippen LogP contribution in [0.1, 0.15) is 28.7 Å². The second-order valence-corrected chi connectivity index (χ2v) is 6.25. The zero-order chi connectivity index (χ0) is 21.5. The molecule has 0 aliphatic carbocycles. The average Bonchev–Trinajstić information content (AvgIpc) is 2.73. The number of nitrogen functional groups attached to an aromatic ring is 1. The molecule has 1 heterocycles. The first kappa shape index (κ1) is 20.8. The minimum Gasteiger partial charge on any atom is -0.493 e. The van der Waals surface area contributed by atoms with Crippen LogP contribution in [0.5, 0.6) is 11.5 Å². The van der Waals surface area contributed by atoms with E-state index in [0.717, 1.165) is 11.3 Å². The smallest absolute Gasteiger partial charge is 0.338 e. The fraction of sp³-hybridized carbons (Fsp3) is 0.238. The highest BCUT2D eigenvalue weighted by Gasteiger charge is 2.14. The quantitative estimate of drug-likeness (QED) is 0.540. The highest BCUT2D eigenvalue weighted by atomic mass is 16.5. The van der Waals surface area contributed by atoms with Crippen LogP contribution in [-0.2, 0) is 11.3 Å². The standard InChI is InChI=1S/C21H23N5O4/c1-4-29-17-11-14(9-10-16(17)28-3)19(27)30-12-18-24-20(22)26-21(25-18)23-15-8-6-5-7-13(15)2/h5-11H,4,12H2,1-3H3,(H3,22,23,24,25,26). The lowest BCUT2D eigenvalue weighted by Crippen LogP contribution is -2.11. The van der Waals surface area contributed by atoms with E-state index in [9.17, 15) is 4.79 Å². The van der Waals surface area contributed by atoms with Gasteiger partial charge in [-0.2, -0.15) is 15.0 Å². The van der Waals surface area contributed by atoms with Crippen molar-refractivity contribution in [1.29, 1.82) is 0 Å². The number of methoxy groups -OCH3 is 1. The van der Waals surface area contributed by atoms with Crippen molar-refractivity contribution in [2.75, 3.05) is 24.8 Å². The summed E-state index contributed by atoms with van der Waals surface area (Å²) in [4.78, 5) is 24.8. The highest BCUT2D eigenvalue weighted by molar-refractivity contribution is 5.90. The molecule has 0 radical (unpaired) electrons. The van der Waals surface area contributed by atoms with Crippen LogP contribution in [0.3, 0.4) is 0 Å². The maximum atomic E-state index is 12.4. The van der Waals surface area contributed by atoms with E-state index < -0.39 is 5.97 Å². The summed E-state index contributed by atoms with van der Waals surface area (Å²) >= 11 is 0. The van der Waals surface area contributed by atoms with Gasteiger partial charge in [0.2, 0.25) is 11.9 Å². The number of nitrogens with zero attached hydrogens (tertiary/aromatic N) is 3. The number of nitrogens with one attached hydrogen (secondary N) is 1. The maximum absolute atomic E-state index is 12.4. The largest absolute Gasteiger partial charge is 0.493 e. The molecule has 3 aromatic rings. The van der Waals surface area contributed by atoms with Crippen LogP contribution in [0.4, 0.5) is 17.6 Å². The van der Waals surface area contributed by atoms with Gasteiger partial charge in [-0.15, -0.1) is 0 Å². The number of aryl methyl sites for hydroxylation is 1. The van der Waals surface area contributed by atoms with Crippen molar-refractivity contribution >= 4 is 23.6 Å². The van der Waals surface area contributed by atoms with Crippen LogP contribution in [-0.4, -0.2) is 34.6 Å². The molecule has 0 saturated heterocycles. The number of ether oxygens (including phenoxy) is 3. The number of rotatable bonds is 8. The predicted octanol–water partition coefficient (Wildman–Crippen LogP) is 3.27. The zero-order valence-corrected chi connectivity index (χ0v) is 17.0. The van der Waals surface area contributed by atoms with Gasteiger partial charge in [0.05, 0.1) is 19.3 Å². The molecule has 0 atom stereocenters. The lowest BCUT2D eigenvalue weighted by Gasteiger charge is -2.11. The molecule has 0 bridgehead atoms. The lowest BCUT2D eigenvalue weighted by molar-refractivity contribution is 0.0461. The number of hydrogen-bond donors (Lipinski definition) is 2. The molecule has 0 amide bonds. The number of aromatic nitrogens is 3. The van der Waals surface area contributed by atoms with Gasteiger partial charge in [-0.25, -0.2) is 4.79 Å². The van der Waals surface area contributed by atoms with Crippen LogP contribution < -0.4 is 20.5 Å². The zero-order valence-electron chi connectivity index (χ0n) is 17.0. The van der Waals surface area contributed by atoms with E-state index in [1.165, 1.54) is 7.11 Å². The summed E-state index contributed by atoms with van der Waals surface area (Å²) in [6.45, 7) is 4.08. The summed E-state index contributed by atoms with van der Waals surface area (Å²) in [5.41, 5.74) is 7.96. The molecular formula is C21H23N5O4. The Morgan fingerprint density at radius 1 is 1.10 bits per heavy atom. The first-order valence-corrected chi connectivity index (χ1v) is 9.31. The number of para-hydroxylation sites is 1. The van der Waals surface area contributed by atoms with Crippen LogP contribution in [0, 0.1) is 6.92 Å². The Morgan fingerprint density at radius 2 is 1.90 bits per heavy atom. The number of carbonyl (C=O) groups is 1. The number of nitrogens with two attached hydrogens (primary N) is 1. The molecule has 3 rings (SSSR count). The molecule has 1 aromatic heterocycles. The number of esters is 1. The van der Waals surface area contributed by atoms with E-state index in [1.807, 2.05) is 38.1 Å². The Balaban J connectivity index is 1.71. The summed E-state index contributed by atoms with van der Waals surface area (Å²) in [5, 5.41) is 3.09. The second-order valence-electron chi connectivity index (χ2n) is 6.25. The summed E-state index contributed by atoms with van der Waals surface area (Å²) in [6.07, 6.45) is 0. The molecule has 0 fully saturated rings. The molecule has 9 heteroatoms. The molecular weight excluding hydrogens is 386 g/mol. The first-order valence-electron chi connectivity index (χ1n) is 9.31. The number of hydrogen-bond acceptors (Lipinski definition) is 9. The van der Waals surface area contributed by atoms with Gasteiger partial charge in [0.25, 0.3) is 0 Å². The van der Waals surface area contributed by atoms with Crippen molar-refractivity contribution < 1.29 is 19.0 Å². The van der Waals surface area contributed by atoms with Crippen LogP contribution in [0.2, 0.25) is 0 Å². The van der Waals surface area contributed by atoms with Gasteiger partial charge < -0.3 is 25.3 Å². The Kier molecular flexibility index (Phi) is 6.63. The minimum absolute atomic E-state index is 0.0233. The SMILES string of the molecule is CCOc1cc(C(=O)OCc2nc(N)nc(Nc3ccccc3C)n2)ccc1OC. The third-order valence-corrected chi connectivity index (χ3v) is 4.12. The van der Waals surface area contributed by atoms with E-state index in [2.05, 4.69) is 20.3 Å². The molecule has 3 N–H and O–H groups in total. The van der Waals surface area contributed by atoms with Gasteiger partial charge in [0.1, 0.15) is 0 Å². The van der Waals surface area contributed by atoms with E-state index in [1.54, 1.807) is 18.2 Å². The lowest BCUT2D eigenvalue weighted by atomic mass is 10.2. The maximum Gasteiger partial charge on any atom is 0.338 e. The molecule has 0 aliphatic rings. The Bertz CT molecular complexity index is 1040. The average molecular weight is 409 g/mol. The third-order valence-electron chi connectivity index (χ3n) is 4.12.